The number of hydrogen-bond donors (Lipinski definition) is 1. The van der Waals surface area contributed by atoms with E-state index in [1.807, 2.05) is 13.8 Å². The molecule has 2 rings (SSSR count). The van der Waals surface area contributed by atoms with E-state index in [0.717, 1.165) is 12.1 Å². The Morgan fingerprint density at radius 3 is 2.50 bits per heavy atom. The van der Waals surface area contributed by atoms with E-state index >= 15 is 0 Å². The van der Waals surface area contributed by atoms with Gasteiger partial charge in [0.15, 0.2) is 4.90 Å². The van der Waals surface area contributed by atoms with Crippen LogP contribution in [0.1, 0.15) is 19.4 Å². The van der Waals surface area contributed by atoms with E-state index in [2.05, 4.69) is 4.72 Å². The highest BCUT2D eigenvalue weighted by Gasteiger charge is 2.26. The standard InChI is InChI=1S/C17H20N2O6S/c1-12(2)25-15-6-4-5-13(9-15)11-18-26(22,23)17-8-7-14(24-3)10-16(17)19(20)21/h4-10,12,18H,11H2,1-3H3. The van der Waals surface area contributed by atoms with E-state index in [1.54, 1.807) is 24.3 Å². The normalized spacial score (nSPS) is 11.4. The molecule has 26 heavy (non-hydrogen) atoms. The van der Waals surface area contributed by atoms with Crippen LogP contribution in [-0.4, -0.2) is 26.6 Å². The zero-order valence-electron chi connectivity index (χ0n) is 14.6. The fourth-order valence-electron chi connectivity index (χ4n) is 2.25. The molecular formula is C17H20N2O6S. The summed E-state index contributed by atoms with van der Waals surface area (Å²) >= 11 is 0. The van der Waals surface area contributed by atoms with Crippen LogP contribution >= 0.6 is 0 Å². The van der Waals surface area contributed by atoms with Gasteiger partial charge < -0.3 is 9.47 Å². The number of nitrogens with zero attached hydrogens (tertiary/aromatic N) is 1. The number of nitrogens with one attached hydrogen (secondary N) is 1. The molecule has 9 heteroatoms. The number of hydrogen-bond acceptors (Lipinski definition) is 6. The lowest BCUT2D eigenvalue weighted by Gasteiger charge is -2.12. The van der Waals surface area contributed by atoms with Crippen molar-refractivity contribution >= 4 is 15.7 Å². The van der Waals surface area contributed by atoms with Crippen molar-refractivity contribution in [1.29, 1.82) is 0 Å². The van der Waals surface area contributed by atoms with Crippen molar-refractivity contribution in [3.8, 4) is 11.5 Å². The molecule has 0 aliphatic heterocycles. The van der Waals surface area contributed by atoms with Crippen molar-refractivity contribution < 1.29 is 22.8 Å². The molecule has 0 spiro atoms. The quantitative estimate of drug-likeness (QED) is 0.557. The third-order valence-corrected chi connectivity index (χ3v) is 4.84. The van der Waals surface area contributed by atoms with Crippen LogP contribution in [0.3, 0.4) is 0 Å². The Morgan fingerprint density at radius 1 is 1.15 bits per heavy atom. The second-order valence-corrected chi connectivity index (χ2v) is 7.46. The second kappa shape index (κ2) is 8.15. The smallest absolute Gasteiger partial charge is 0.293 e. The first-order chi connectivity index (χ1) is 12.2. The lowest BCUT2D eigenvalue weighted by Crippen LogP contribution is -2.24. The molecule has 0 aliphatic carbocycles. The molecule has 0 amide bonds. The molecule has 0 fully saturated rings. The fraction of sp³-hybridized carbons (Fsp3) is 0.294. The average molecular weight is 380 g/mol. The molecule has 0 aromatic heterocycles. The number of sulfonamides is 1. The molecule has 0 saturated carbocycles. The Bertz CT molecular complexity index is 896. The summed E-state index contributed by atoms with van der Waals surface area (Å²) < 4.78 is 37.9. The highest BCUT2D eigenvalue weighted by atomic mass is 32.2. The molecular weight excluding hydrogens is 360 g/mol. The van der Waals surface area contributed by atoms with E-state index in [0.29, 0.717) is 11.3 Å². The largest absolute Gasteiger partial charge is 0.497 e. The SMILES string of the molecule is COc1ccc(S(=O)(=O)NCc2cccc(OC(C)C)c2)c([N+](=O)[O-])c1. The first kappa shape index (κ1) is 19.7. The first-order valence-electron chi connectivity index (χ1n) is 7.80. The monoisotopic (exact) mass is 380 g/mol. The van der Waals surface area contributed by atoms with Crippen molar-refractivity contribution in [1.82, 2.24) is 4.72 Å². The van der Waals surface area contributed by atoms with E-state index in [1.165, 1.54) is 13.2 Å². The molecule has 0 bridgehead atoms. The van der Waals surface area contributed by atoms with Gasteiger partial charge in [0.25, 0.3) is 5.69 Å². The molecule has 140 valence electrons. The van der Waals surface area contributed by atoms with Crippen molar-refractivity contribution in [2.24, 2.45) is 0 Å². The van der Waals surface area contributed by atoms with Gasteiger partial charge in [-0.25, -0.2) is 13.1 Å². The van der Waals surface area contributed by atoms with E-state index in [-0.39, 0.29) is 18.4 Å². The van der Waals surface area contributed by atoms with Crippen LogP contribution in [0.25, 0.3) is 0 Å². The van der Waals surface area contributed by atoms with Gasteiger partial charge in [-0.3, -0.25) is 10.1 Å². The predicted octanol–water partition coefficient (Wildman–Crippen LogP) is 2.87. The molecule has 0 atom stereocenters. The number of ether oxygens (including phenoxy) is 2. The maximum Gasteiger partial charge on any atom is 0.293 e. The van der Waals surface area contributed by atoms with Gasteiger partial charge in [0.1, 0.15) is 11.5 Å². The maximum atomic E-state index is 12.5. The van der Waals surface area contributed by atoms with Crippen LogP contribution in [-0.2, 0) is 16.6 Å². The van der Waals surface area contributed by atoms with E-state index in [4.69, 9.17) is 9.47 Å². The zero-order chi connectivity index (χ0) is 19.3. The second-order valence-electron chi connectivity index (χ2n) is 5.73. The topological polar surface area (TPSA) is 108 Å². The molecule has 0 unspecified atom stereocenters. The van der Waals surface area contributed by atoms with Crippen LogP contribution < -0.4 is 14.2 Å². The van der Waals surface area contributed by atoms with Crippen LogP contribution in [0, 0.1) is 10.1 Å². The van der Waals surface area contributed by atoms with Gasteiger partial charge in [-0.05, 0) is 43.7 Å². The number of rotatable bonds is 8. The minimum atomic E-state index is -4.08. The summed E-state index contributed by atoms with van der Waals surface area (Å²) in [5, 5.41) is 11.2. The summed E-state index contributed by atoms with van der Waals surface area (Å²) in [5.41, 5.74) is 0.122. The van der Waals surface area contributed by atoms with Gasteiger partial charge in [-0.2, -0.15) is 0 Å². The minimum Gasteiger partial charge on any atom is -0.497 e. The molecule has 2 aromatic rings. The average Bonchev–Trinajstić information content (AvgIpc) is 2.59. The van der Waals surface area contributed by atoms with Gasteiger partial charge in [-0.15, -0.1) is 0 Å². The summed E-state index contributed by atoms with van der Waals surface area (Å²) in [5.74, 6) is 0.821. The van der Waals surface area contributed by atoms with Crippen molar-refractivity contribution in [3.05, 3.63) is 58.1 Å². The molecule has 0 saturated heterocycles. The van der Waals surface area contributed by atoms with Crippen molar-refractivity contribution in [2.75, 3.05) is 7.11 Å². The molecule has 8 nitrogen and oxygen atoms in total. The Hall–Kier alpha value is -2.65. The van der Waals surface area contributed by atoms with Gasteiger partial charge in [-0.1, -0.05) is 12.1 Å². The molecule has 0 radical (unpaired) electrons. The van der Waals surface area contributed by atoms with Crippen LogP contribution in [0.5, 0.6) is 11.5 Å². The number of methoxy groups -OCH3 is 1. The van der Waals surface area contributed by atoms with E-state index < -0.39 is 25.5 Å². The Kier molecular flexibility index (Phi) is 6.17. The van der Waals surface area contributed by atoms with Gasteiger partial charge in [0.2, 0.25) is 10.0 Å². The summed E-state index contributed by atoms with van der Waals surface area (Å²) in [4.78, 5) is 10.0. The van der Waals surface area contributed by atoms with Crippen LogP contribution in [0.4, 0.5) is 5.69 Å². The minimum absolute atomic E-state index is 0.0103. The molecule has 1 N–H and O–H groups in total. The third kappa shape index (κ3) is 4.93. The van der Waals surface area contributed by atoms with Crippen LogP contribution in [0.15, 0.2) is 47.4 Å². The lowest BCUT2D eigenvalue weighted by atomic mass is 10.2. The maximum absolute atomic E-state index is 12.5. The van der Waals surface area contributed by atoms with Gasteiger partial charge in [0.05, 0.1) is 24.2 Å². The number of benzene rings is 2. The summed E-state index contributed by atoms with van der Waals surface area (Å²) in [6.45, 7) is 3.75. The lowest BCUT2D eigenvalue weighted by molar-refractivity contribution is -0.387. The van der Waals surface area contributed by atoms with Crippen molar-refractivity contribution in [2.45, 2.75) is 31.4 Å². The molecule has 0 heterocycles. The third-order valence-electron chi connectivity index (χ3n) is 3.39. The molecule has 0 aliphatic rings. The zero-order valence-corrected chi connectivity index (χ0v) is 15.4. The summed E-state index contributed by atoms with van der Waals surface area (Å²) in [6, 6.07) is 10.6. The summed E-state index contributed by atoms with van der Waals surface area (Å²) in [7, 11) is -2.74. The highest BCUT2D eigenvalue weighted by Crippen LogP contribution is 2.28. The van der Waals surface area contributed by atoms with E-state index in [9.17, 15) is 18.5 Å². The number of nitro groups is 1. The summed E-state index contributed by atoms with van der Waals surface area (Å²) in [6.07, 6.45) is -0.0103. The first-order valence-corrected chi connectivity index (χ1v) is 9.29. The van der Waals surface area contributed by atoms with Crippen LogP contribution in [0.2, 0.25) is 0 Å². The van der Waals surface area contributed by atoms with Gasteiger partial charge >= 0.3 is 0 Å². The Morgan fingerprint density at radius 2 is 1.88 bits per heavy atom. The number of nitro benzene ring substituents is 1. The molecule has 2 aromatic carbocycles. The predicted molar refractivity (Wildman–Crippen MR) is 95.9 cm³/mol. The highest BCUT2D eigenvalue weighted by molar-refractivity contribution is 7.89. The Labute approximate surface area is 152 Å². The van der Waals surface area contributed by atoms with Crippen molar-refractivity contribution in [3.63, 3.8) is 0 Å². The fourth-order valence-corrected chi connectivity index (χ4v) is 3.42. The van der Waals surface area contributed by atoms with Gasteiger partial charge in [0, 0.05) is 6.54 Å². The Balaban J connectivity index is 2.23.